The van der Waals surface area contributed by atoms with Crippen molar-refractivity contribution in [2.24, 2.45) is 5.73 Å². The molecule has 0 aromatic rings. The highest BCUT2D eigenvalue weighted by Crippen LogP contribution is 2.15. The summed E-state index contributed by atoms with van der Waals surface area (Å²) in [5, 5.41) is 9.24. The Morgan fingerprint density at radius 1 is 1.47 bits per heavy atom. The maximum Gasteiger partial charge on any atom is 0.0700 e. The summed E-state index contributed by atoms with van der Waals surface area (Å²) in [5.74, 6) is 0. The van der Waals surface area contributed by atoms with Gasteiger partial charge in [0.25, 0.3) is 0 Å². The third-order valence-corrected chi connectivity index (χ3v) is 3.85. The van der Waals surface area contributed by atoms with Crippen LogP contribution in [0.1, 0.15) is 39.5 Å². The number of nitrogens with zero attached hydrogens (tertiary/aromatic N) is 1. The molecule has 2 unspecified atom stereocenters. The Morgan fingerprint density at radius 3 is 2.82 bits per heavy atom. The Kier molecular flexibility index (Phi) is 6.41. The van der Waals surface area contributed by atoms with Crippen molar-refractivity contribution < 1.29 is 9.84 Å². The molecule has 2 atom stereocenters. The number of nitrogens with two attached hydrogens (primary N) is 1. The van der Waals surface area contributed by atoms with Crippen molar-refractivity contribution >= 4 is 0 Å². The molecule has 1 fully saturated rings. The van der Waals surface area contributed by atoms with Crippen LogP contribution in [0.4, 0.5) is 0 Å². The lowest BCUT2D eigenvalue weighted by Gasteiger charge is -2.33. The standard InChI is InChI=1S/C13H28N2O2/c1-3-12-10-15(8-9-17-12)7-5-6-13(14,4-2)11-16/h12,16H,3-11,14H2,1-2H3. The Balaban J connectivity index is 2.21. The predicted octanol–water partition coefficient (Wildman–Crippen LogP) is 0.977. The summed E-state index contributed by atoms with van der Waals surface area (Å²) < 4.78 is 5.64. The van der Waals surface area contributed by atoms with Crippen LogP contribution in [-0.4, -0.2) is 54.5 Å². The van der Waals surface area contributed by atoms with Crippen molar-refractivity contribution in [2.75, 3.05) is 32.8 Å². The molecule has 1 rings (SSSR count). The highest BCUT2D eigenvalue weighted by atomic mass is 16.5. The van der Waals surface area contributed by atoms with E-state index in [1.807, 2.05) is 6.92 Å². The highest BCUT2D eigenvalue weighted by molar-refractivity contribution is 4.82. The molecule has 0 spiro atoms. The van der Waals surface area contributed by atoms with Crippen LogP contribution in [0, 0.1) is 0 Å². The summed E-state index contributed by atoms with van der Waals surface area (Å²) in [4.78, 5) is 2.45. The molecular weight excluding hydrogens is 216 g/mol. The van der Waals surface area contributed by atoms with Gasteiger partial charge in [-0.15, -0.1) is 0 Å². The fourth-order valence-electron chi connectivity index (χ4n) is 2.25. The predicted molar refractivity (Wildman–Crippen MR) is 70.0 cm³/mol. The van der Waals surface area contributed by atoms with Gasteiger partial charge < -0.3 is 15.6 Å². The van der Waals surface area contributed by atoms with E-state index in [4.69, 9.17) is 10.5 Å². The smallest absolute Gasteiger partial charge is 0.0700 e. The van der Waals surface area contributed by atoms with E-state index in [0.29, 0.717) is 6.10 Å². The molecule has 1 saturated heterocycles. The third kappa shape index (κ3) is 4.92. The van der Waals surface area contributed by atoms with Gasteiger partial charge in [0.05, 0.1) is 19.3 Å². The molecule has 0 aliphatic carbocycles. The Labute approximate surface area is 105 Å². The lowest BCUT2D eigenvalue weighted by atomic mass is 9.92. The first-order chi connectivity index (χ1) is 8.13. The topological polar surface area (TPSA) is 58.7 Å². The lowest BCUT2D eigenvalue weighted by molar-refractivity contribution is -0.0305. The molecular formula is C13H28N2O2. The summed E-state index contributed by atoms with van der Waals surface area (Å²) >= 11 is 0. The van der Waals surface area contributed by atoms with Crippen LogP contribution in [0.3, 0.4) is 0 Å². The number of hydrogen-bond donors (Lipinski definition) is 2. The van der Waals surface area contributed by atoms with Crippen LogP contribution >= 0.6 is 0 Å². The van der Waals surface area contributed by atoms with E-state index < -0.39 is 0 Å². The molecule has 1 heterocycles. The first-order valence-corrected chi connectivity index (χ1v) is 6.87. The van der Waals surface area contributed by atoms with E-state index in [1.54, 1.807) is 0 Å². The summed E-state index contributed by atoms with van der Waals surface area (Å²) in [6, 6.07) is 0. The zero-order chi connectivity index (χ0) is 12.7. The Morgan fingerprint density at radius 2 is 2.24 bits per heavy atom. The van der Waals surface area contributed by atoms with E-state index in [1.165, 1.54) is 0 Å². The van der Waals surface area contributed by atoms with Gasteiger partial charge in [-0.2, -0.15) is 0 Å². The largest absolute Gasteiger partial charge is 0.394 e. The zero-order valence-corrected chi connectivity index (χ0v) is 11.3. The molecule has 0 aromatic heterocycles. The van der Waals surface area contributed by atoms with Gasteiger partial charge in [0, 0.05) is 18.6 Å². The number of morpholine rings is 1. The molecule has 4 nitrogen and oxygen atoms in total. The highest BCUT2D eigenvalue weighted by Gasteiger charge is 2.23. The number of hydrogen-bond acceptors (Lipinski definition) is 4. The maximum atomic E-state index is 9.24. The van der Waals surface area contributed by atoms with E-state index in [-0.39, 0.29) is 12.1 Å². The van der Waals surface area contributed by atoms with Crippen LogP contribution in [0.2, 0.25) is 0 Å². The monoisotopic (exact) mass is 244 g/mol. The van der Waals surface area contributed by atoms with E-state index >= 15 is 0 Å². The SMILES string of the molecule is CCC1CN(CCCC(N)(CC)CO)CCO1. The van der Waals surface area contributed by atoms with Gasteiger partial charge in [-0.1, -0.05) is 13.8 Å². The molecule has 1 aliphatic rings. The second-order valence-corrected chi connectivity index (χ2v) is 5.18. The van der Waals surface area contributed by atoms with Gasteiger partial charge in [0.2, 0.25) is 0 Å². The number of ether oxygens (including phenoxy) is 1. The molecule has 0 radical (unpaired) electrons. The molecule has 0 aromatic carbocycles. The van der Waals surface area contributed by atoms with Crippen molar-refractivity contribution in [1.29, 1.82) is 0 Å². The minimum Gasteiger partial charge on any atom is -0.394 e. The van der Waals surface area contributed by atoms with Crippen molar-refractivity contribution in [3.8, 4) is 0 Å². The normalized spacial score (nSPS) is 25.8. The van der Waals surface area contributed by atoms with Gasteiger partial charge in [-0.3, -0.25) is 4.90 Å². The van der Waals surface area contributed by atoms with Gasteiger partial charge in [0.15, 0.2) is 0 Å². The summed E-state index contributed by atoms with van der Waals surface area (Å²) in [6.45, 7) is 8.28. The summed E-state index contributed by atoms with van der Waals surface area (Å²) in [6.07, 6.45) is 4.28. The molecule has 4 heteroatoms. The number of rotatable bonds is 7. The Bertz CT molecular complexity index is 208. The van der Waals surface area contributed by atoms with Crippen molar-refractivity contribution in [1.82, 2.24) is 4.90 Å². The van der Waals surface area contributed by atoms with Crippen LogP contribution in [-0.2, 0) is 4.74 Å². The first-order valence-electron chi connectivity index (χ1n) is 6.87. The molecule has 0 bridgehead atoms. The van der Waals surface area contributed by atoms with Crippen LogP contribution in [0.15, 0.2) is 0 Å². The van der Waals surface area contributed by atoms with Crippen molar-refractivity contribution in [3.05, 3.63) is 0 Å². The van der Waals surface area contributed by atoms with Crippen LogP contribution in [0.5, 0.6) is 0 Å². The van der Waals surface area contributed by atoms with Gasteiger partial charge in [-0.25, -0.2) is 0 Å². The van der Waals surface area contributed by atoms with Crippen molar-refractivity contribution in [2.45, 2.75) is 51.2 Å². The summed E-state index contributed by atoms with van der Waals surface area (Å²) in [5.41, 5.74) is 5.69. The third-order valence-electron chi connectivity index (χ3n) is 3.85. The summed E-state index contributed by atoms with van der Waals surface area (Å²) in [7, 11) is 0. The minimum absolute atomic E-state index is 0.0875. The molecule has 1 aliphatic heterocycles. The van der Waals surface area contributed by atoms with E-state index in [2.05, 4.69) is 11.8 Å². The van der Waals surface area contributed by atoms with Crippen molar-refractivity contribution in [3.63, 3.8) is 0 Å². The van der Waals surface area contributed by atoms with Gasteiger partial charge in [-0.05, 0) is 32.2 Å². The molecule has 3 N–H and O–H groups in total. The lowest BCUT2D eigenvalue weighted by Crippen LogP contribution is -2.45. The minimum atomic E-state index is -0.379. The quantitative estimate of drug-likeness (QED) is 0.701. The fourth-order valence-corrected chi connectivity index (χ4v) is 2.25. The maximum absolute atomic E-state index is 9.24. The van der Waals surface area contributed by atoms with Gasteiger partial charge in [0.1, 0.15) is 0 Å². The molecule has 102 valence electrons. The van der Waals surface area contributed by atoms with Crippen LogP contribution < -0.4 is 5.73 Å². The fraction of sp³-hybridized carbons (Fsp3) is 1.00. The van der Waals surface area contributed by atoms with E-state index in [0.717, 1.165) is 51.9 Å². The molecule has 17 heavy (non-hydrogen) atoms. The second-order valence-electron chi connectivity index (χ2n) is 5.18. The average molecular weight is 244 g/mol. The average Bonchev–Trinajstić information content (AvgIpc) is 2.39. The molecule has 0 saturated carbocycles. The number of aliphatic hydroxyl groups excluding tert-OH is 1. The second kappa shape index (κ2) is 7.31. The zero-order valence-electron chi connectivity index (χ0n) is 11.3. The number of aliphatic hydroxyl groups is 1. The van der Waals surface area contributed by atoms with E-state index in [9.17, 15) is 5.11 Å². The first kappa shape index (κ1) is 14.9. The van der Waals surface area contributed by atoms with Gasteiger partial charge >= 0.3 is 0 Å². The molecule has 0 amide bonds. The van der Waals surface area contributed by atoms with Crippen LogP contribution in [0.25, 0.3) is 0 Å². The Hall–Kier alpha value is -0.160.